The zero-order valence-electron chi connectivity index (χ0n) is 21.7. The molecule has 0 aromatic heterocycles. The Bertz CT molecular complexity index is 1220. The molecule has 188 valence electrons. The molecule has 3 aromatic rings. The Morgan fingerprint density at radius 3 is 2.47 bits per heavy atom. The van der Waals surface area contributed by atoms with Crippen molar-refractivity contribution in [3.05, 3.63) is 100 Å². The predicted molar refractivity (Wildman–Crippen MR) is 143 cm³/mol. The highest BCUT2D eigenvalue weighted by Crippen LogP contribution is 2.37. The molecule has 1 N–H and O–H groups in total. The Kier molecular flexibility index (Phi) is 8.09. The molecule has 36 heavy (non-hydrogen) atoms. The molecule has 1 aliphatic rings. The van der Waals surface area contributed by atoms with Crippen LogP contribution in [-0.2, 0) is 22.6 Å². The van der Waals surface area contributed by atoms with E-state index in [-0.39, 0.29) is 17.9 Å². The molecule has 0 bridgehead atoms. The van der Waals surface area contributed by atoms with Crippen LogP contribution in [0.4, 0.5) is 0 Å². The van der Waals surface area contributed by atoms with Gasteiger partial charge in [-0.2, -0.15) is 0 Å². The maximum absolute atomic E-state index is 12.9. The van der Waals surface area contributed by atoms with Crippen LogP contribution in [0.25, 0.3) is 0 Å². The van der Waals surface area contributed by atoms with Crippen molar-refractivity contribution < 1.29 is 14.3 Å². The van der Waals surface area contributed by atoms with Crippen LogP contribution in [-0.4, -0.2) is 29.4 Å². The maximum atomic E-state index is 12.9. The first-order valence-electron chi connectivity index (χ1n) is 12.9. The largest absolute Gasteiger partial charge is 0.481 e. The summed E-state index contributed by atoms with van der Waals surface area (Å²) < 4.78 is 6.21. The minimum Gasteiger partial charge on any atom is -0.481 e. The van der Waals surface area contributed by atoms with Gasteiger partial charge < -0.3 is 15.0 Å². The topological polar surface area (TPSA) is 58.6 Å². The summed E-state index contributed by atoms with van der Waals surface area (Å²) in [7, 11) is 0. The van der Waals surface area contributed by atoms with E-state index < -0.39 is 6.10 Å². The summed E-state index contributed by atoms with van der Waals surface area (Å²) in [6.45, 7) is 9.12. The van der Waals surface area contributed by atoms with Crippen molar-refractivity contribution in [2.45, 2.75) is 65.6 Å². The SMILES string of the molecule is CCC(=O)N1CCc2ccc(O[C@@H](CC)C(=O)NCc3cccc(C)c3)cc2[C@H]1c1ccc(C)cc1. The molecular weight excluding hydrogens is 448 g/mol. The van der Waals surface area contributed by atoms with Crippen molar-refractivity contribution in [1.82, 2.24) is 10.2 Å². The summed E-state index contributed by atoms with van der Waals surface area (Å²) in [6.07, 6.45) is 1.23. The van der Waals surface area contributed by atoms with Crippen LogP contribution in [0.5, 0.6) is 5.75 Å². The molecule has 5 heteroatoms. The molecule has 0 unspecified atom stereocenters. The molecule has 0 spiro atoms. The zero-order valence-corrected chi connectivity index (χ0v) is 21.7. The highest BCUT2D eigenvalue weighted by Gasteiger charge is 2.32. The van der Waals surface area contributed by atoms with Gasteiger partial charge in [-0.15, -0.1) is 0 Å². The number of rotatable bonds is 8. The molecule has 5 nitrogen and oxygen atoms in total. The fourth-order valence-electron chi connectivity index (χ4n) is 4.86. The van der Waals surface area contributed by atoms with E-state index in [2.05, 4.69) is 48.6 Å². The van der Waals surface area contributed by atoms with Gasteiger partial charge in [0.1, 0.15) is 5.75 Å². The average molecular weight is 485 g/mol. The summed E-state index contributed by atoms with van der Waals surface area (Å²) in [6, 6.07) is 22.4. The Morgan fingerprint density at radius 1 is 1.00 bits per heavy atom. The molecule has 0 saturated heterocycles. The van der Waals surface area contributed by atoms with Crippen LogP contribution in [0.15, 0.2) is 66.7 Å². The Labute approximate surface area is 214 Å². The van der Waals surface area contributed by atoms with Crippen molar-refractivity contribution in [3.8, 4) is 5.75 Å². The molecule has 0 fully saturated rings. The molecule has 2 amide bonds. The molecule has 0 aliphatic carbocycles. The second-order valence-electron chi connectivity index (χ2n) is 9.59. The molecule has 4 rings (SSSR count). The third-order valence-electron chi connectivity index (χ3n) is 6.85. The van der Waals surface area contributed by atoms with Crippen LogP contribution < -0.4 is 10.1 Å². The minimum absolute atomic E-state index is 0.130. The number of hydrogen-bond donors (Lipinski definition) is 1. The lowest BCUT2D eigenvalue weighted by molar-refractivity contribution is -0.133. The third-order valence-corrected chi connectivity index (χ3v) is 6.85. The van der Waals surface area contributed by atoms with Crippen LogP contribution in [0.3, 0.4) is 0 Å². The highest BCUT2D eigenvalue weighted by atomic mass is 16.5. The van der Waals surface area contributed by atoms with Gasteiger partial charge in [0, 0.05) is 19.5 Å². The standard InChI is InChI=1S/C31H36N2O3/c1-5-28(31(35)32-20-23-9-7-8-22(4)18-23)36-26-15-14-24-16-17-33(29(34)6-2)30(27(24)19-26)25-12-10-21(3)11-13-25/h7-15,18-19,28,30H,5-6,16-17,20H2,1-4H3,(H,32,35)/t28-,30+/m0/s1. The number of hydrogen-bond acceptors (Lipinski definition) is 3. The summed E-state index contributed by atoms with van der Waals surface area (Å²) in [4.78, 5) is 27.8. The number of amides is 2. The summed E-state index contributed by atoms with van der Waals surface area (Å²) >= 11 is 0. The Hall–Kier alpha value is -3.60. The van der Waals surface area contributed by atoms with Gasteiger partial charge in [0.25, 0.3) is 5.91 Å². The number of carbonyl (C=O) groups is 2. The number of aryl methyl sites for hydroxylation is 2. The van der Waals surface area contributed by atoms with E-state index >= 15 is 0 Å². The van der Waals surface area contributed by atoms with Crippen LogP contribution >= 0.6 is 0 Å². The lowest BCUT2D eigenvalue weighted by Gasteiger charge is -2.38. The monoisotopic (exact) mass is 484 g/mol. The third kappa shape index (κ3) is 5.78. The fraction of sp³-hybridized carbons (Fsp3) is 0.355. The maximum Gasteiger partial charge on any atom is 0.261 e. The second-order valence-corrected chi connectivity index (χ2v) is 9.59. The van der Waals surface area contributed by atoms with Gasteiger partial charge >= 0.3 is 0 Å². The number of nitrogens with one attached hydrogen (secondary N) is 1. The van der Waals surface area contributed by atoms with Crippen LogP contribution in [0.1, 0.15) is 66.1 Å². The Balaban J connectivity index is 1.56. The van der Waals surface area contributed by atoms with Crippen molar-refractivity contribution in [2.24, 2.45) is 0 Å². The van der Waals surface area contributed by atoms with Gasteiger partial charge in [-0.1, -0.05) is 79.6 Å². The molecular formula is C31H36N2O3. The van der Waals surface area contributed by atoms with Crippen LogP contribution in [0.2, 0.25) is 0 Å². The summed E-state index contributed by atoms with van der Waals surface area (Å²) in [5.74, 6) is 0.656. The average Bonchev–Trinajstić information content (AvgIpc) is 2.89. The number of benzene rings is 3. The van der Waals surface area contributed by atoms with E-state index in [1.807, 2.05) is 56.0 Å². The van der Waals surface area contributed by atoms with Crippen molar-refractivity contribution >= 4 is 11.8 Å². The molecule has 2 atom stereocenters. The number of fused-ring (bicyclic) bond motifs is 1. The molecule has 1 aliphatic heterocycles. The van der Waals surface area contributed by atoms with Gasteiger partial charge in [0.2, 0.25) is 5.91 Å². The second kappa shape index (κ2) is 11.4. The number of ether oxygens (including phenoxy) is 1. The lowest BCUT2D eigenvalue weighted by atomic mass is 9.87. The number of nitrogens with zero attached hydrogens (tertiary/aromatic N) is 1. The van der Waals surface area contributed by atoms with E-state index in [0.29, 0.717) is 31.7 Å². The quantitative estimate of drug-likeness (QED) is 0.449. The number of carbonyl (C=O) groups excluding carboxylic acids is 2. The van der Waals surface area contributed by atoms with Crippen molar-refractivity contribution in [2.75, 3.05) is 6.54 Å². The Morgan fingerprint density at radius 2 is 1.78 bits per heavy atom. The van der Waals surface area contributed by atoms with Gasteiger partial charge in [-0.3, -0.25) is 9.59 Å². The predicted octanol–water partition coefficient (Wildman–Crippen LogP) is 5.66. The molecule has 3 aromatic carbocycles. The van der Waals surface area contributed by atoms with Crippen molar-refractivity contribution in [1.29, 1.82) is 0 Å². The van der Waals surface area contributed by atoms with Gasteiger partial charge in [-0.25, -0.2) is 0 Å². The first-order chi connectivity index (χ1) is 17.4. The van der Waals surface area contributed by atoms with E-state index in [9.17, 15) is 9.59 Å². The fourth-order valence-corrected chi connectivity index (χ4v) is 4.86. The van der Waals surface area contributed by atoms with E-state index in [1.165, 1.54) is 11.1 Å². The van der Waals surface area contributed by atoms with Gasteiger partial charge in [0.15, 0.2) is 6.10 Å². The van der Waals surface area contributed by atoms with Gasteiger partial charge in [0.05, 0.1) is 6.04 Å². The molecule has 0 radical (unpaired) electrons. The normalized spacial score (nSPS) is 15.7. The summed E-state index contributed by atoms with van der Waals surface area (Å²) in [5.41, 5.74) is 6.78. The van der Waals surface area contributed by atoms with E-state index in [0.717, 1.165) is 28.7 Å². The van der Waals surface area contributed by atoms with Crippen LogP contribution in [0, 0.1) is 13.8 Å². The summed E-state index contributed by atoms with van der Waals surface area (Å²) in [5, 5.41) is 3.01. The highest BCUT2D eigenvalue weighted by molar-refractivity contribution is 5.81. The molecule has 0 saturated carbocycles. The van der Waals surface area contributed by atoms with Gasteiger partial charge in [-0.05, 0) is 61.1 Å². The first kappa shape index (κ1) is 25.5. The lowest BCUT2D eigenvalue weighted by Crippen LogP contribution is -2.40. The molecule has 1 heterocycles. The van der Waals surface area contributed by atoms with Crippen molar-refractivity contribution in [3.63, 3.8) is 0 Å². The smallest absolute Gasteiger partial charge is 0.261 e. The minimum atomic E-state index is -0.595. The van der Waals surface area contributed by atoms with E-state index in [4.69, 9.17) is 4.74 Å². The zero-order chi connectivity index (χ0) is 25.7. The van der Waals surface area contributed by atoms with E-state index in [1.54, 1.807) is 0 Å². The first-order valence-corrected chi connectivity index (χ1v) is 12.9.